The highest BCUT2D eigenvalue weighted by Gasteiger charge is 2.24. The SMILES string of the molecule is CCCC(C)(C)n1c(=S)[nH]c2c(S(C)(=O)=O)cccc21. The third-order valence-corrected chi connectivity index (χ3v) is 4.97. The predicted molar refractivity (Wildman–Crippen MR) is 84.5 cm³/mol. The summed E-state index contributed by atoms with van der Waals surface area (Å²) >= 11 is 5.41. The fourth-order valence-corrected chi connectivity index (χ4v) is 4.04. The summed E-state index contributed by atoms with van der Waals surface area (Å²) in [5, 5.41) is 0. The molecule has 0 saturated heterocycles. The fraction of sp³-hybridized carbons (Fsp3) is 0.500. The van der Waals surface area contributed by atoms with E-state index in [4.69, 9.17) is 12.2 Å². The van der Waals surface area contributed by atoms with Gasteiger partial charge >= 0.3 is 0 Å². The Labute approximate surface area is 124 Å². The Balaban J connectivity index is 2.84. The first kappa shape index (κ1) is 15.3. The minimum Gasteiger partial charge on any atom is -0.329 e. The van der Waals surface area contributed by atoms with Crippen LogP contribution >= 0.6 is 12.2 Å². The molecule has 6 heteroatoms. The molecule has 4 nitrogen and oxygen atoms in total. The van der Waals surface area contributed by atoms with Gasteiger partial charge in [0, 0.05) is 11.8 Å². The van der Waals surface area contributed by atoms with Gasteiger partial charge in [-0.1, -0.05) is 19.4 Å². The molecule has 2 aromatic rings. The van der Waals surface area contributed by atoms with Gasteiger partial charge in [0.1, 0.15) is 0 Å². The van der Waals surface area contributed by atoms with Crippen molar-refractivity contribution in [2.45, 2.75) is 44.0 Å². The Morgan fingerprint density at radius 1 is 1.35 bits per heavy atom. The second-order valence-electron chi connectivity index (χ2n) is 5.75. The smallest absolute Gasteiger partial charge is 0.178 e. The number of nitrogens with zero attached hydrogens (tertiary/aromatic N) is 1. The largest absolute Gasteiger partial charge is 0.329 e. The molecule has 0 bridgehead atoms. The number of imidazole rings is 1. The van der Waals surface area contributed by atoms with Gasteiger partial charge in [0.25, 0.3) is 0 Å². The highest BCUT2D eigenvalue weighted by Crippen LogP contribution is 2.30. The van der Waals surface area contributed by atoms with Crippen LogP contribution in [0.3, 0.4) is 0 Å². The molecule has 20 heavy (non-hydrogen) atoms. The summed E-state index contributed by atoms with van der Waals surface area (Å²) in [6.07, 6.45) is 3.22. The molecule has 0 unspecified atom stereocenters. The van der Waals surface area contributed by atoms with Crippen LogP contribution in [0.1, 0.15) is 33.6 Å². The fourth-order valence-electron chi connectivity index (χ4n) is 2.74. The Kier molecular flexibility index (Phi) is 3.81. The Bertz CT molecular complexity index is 798. The van der Waals surface area contributed by atoms with E-state index in [0.717, 1.165) is 18.4 Å². The first-order chi connectivity index (χ1) is 9.18. The van der Waals surface area contributed by atoms with Crippen LogP contribution < -0.4 is 0 Å². The first-order valence-corrected chi connectivity index (χ1v) is 8.92. The van der Waals surface area contributed by atoms with Crippen LogP contribution in [0.2, 0.25) is 0 Å². The van der Waals surface area contributed by atoms with Crippen LogP contribution in [0.5, 0.6) is 0 Å². The Morgan fingerprint density at radius 2 is 2.00 bits per heavy atom. The maximum atomic E-state index is 11.9. The van der Waals surface area contributed by atoms with Crippen LogP contribution in [0, 0.1) is 4.77 Å². The van der Waals surface area contributed by atoms with E-state index in [1.54, 1.807) is 12.1 Å². The molecular weight excluding hydrogens is 292 g/mol. The second-order valence-corrected chi connectivity index (χ2v) is 8.12. The normalized spacial score (nSPS) is 13.0. The van der Waals surface area contributed by atoms with E-state index in [1.807, 2.05) is 10.6 Å². The number of hydrogen-bond acceptors (Lipinski definition) is 3. The predicted octanol–water partition coefficient (Wildman–Crippen LogP) is 3.64. The quantitative estimate of drug-likeness (QED) is 0.877. The van der Waals surface area contributed by atoms with Crippen LogP contribution in [0.15, 0.2) is 23.1 Å². The molecule has 1 aromatic heterocycles. The lowest BCUT2D eigenvalue weighted by Crippen LogP contribution is -2.26. The molecule has 0 aliphatic rings. The van der Waals surface area contributed by atoms with Gasteiger partial charge in [-0.15, -0.1) is 0 Å². The number of sulfone groups is 1. The van der Waals surface area contributed by atoms with Crippen LogP contribution in [-0.4, -0.2) is 24.2 Å². The number of fused-ring (bicyclic) bond motifs is 1. The van der Waals surface area contributed by atoms with Gasteiger partial charge in [-0.05, 0) is 44.6 Å². The molecule has 0 amide bonds. The Morgan fingerprint density at radius 3 is 2.55 bits per heavy atom. The zero-order valence-corrected chi connectivity index (χ0v) is 13.9. The van der Waals surface area contributed by atoms with Crippen molar-refractivity contribution in [2.75, 3.05) is 6.26 Å². The standard InChI is InChI=1S/C14H20N2O2S2/c1-5-9-14(2,3)16-10-7-6-8-11(20(4,17)18)12(10)15-13(16)19/h6-8H,5,9H2,1-4H3,(H,15,19). The summed E-state index contributed by atoms with van der Waals surface area (Å²) in [4.78, 5) is 3.36. The van der Waals surface area contributed by atoms with E-state index in [1.165, 1.54) is 6.26 Å². The molecule has 1 N–H and O–H groups in total. The molecule has 1 aromatic carbocycles. The second kappa shape index (κ2) is 5.00. The third kappa shape index (κ3) is 2.54. The van der Waals surface area contributed by atoms with Gasteiger partial charge < -0.3 is 9.55 Å². The highest BCUT2D eigenvalue weighted by atomic mass is 32.2. The summed E-state index contributed by atoms with van der Waals surface area (Å²) in [6, 6.07) is 5.29. The summed E-state index contributed by atoms with van der Waals surface area (Å²) in [5.41, 5.74) is 1.29. The van der Waals surface area contributed by atoms with Gasteiger partial charge in [0.05, 0.1) is 15.9 Å². The number of rotatable bonds is 4. The number of nitrogens with one attached hydrogen (secondary N) is 1. The highest BCUT2D eigenvalue weighted by molar-refractivity contribution is 7.91. The topological polar surface area (TPSA) is 54.9 Å². The summed E-state index contributed by atoms with van der Waals surface area (Å²) in [5.74, 6) is 0. The summed E-state index contributed by atoms with van der Waals surface area (Å²) < 4.78 is 26.3. The lowest BCUT2D eigenvalue weighted by Gasteiger charge is -2.27. The van der Waals surface area contributed by atoms with E-state index in [9.17, 15) is 8.42 Å². The first-order valence-electron chi connectivity index (χ1n) is 6.63. The molecule has 0 fully saturated rings. The maximum absolute atomic E-state index is 11.9. The number of H-pyrrole nitrogens is 1. The van der Waals surface area contributed by atoms with Gasteiger partial charge in [0.15, 0.2) is 14.6 Å². The average molecular weight is 312 g/mol. The van der Waals surface area contributed by atoms with Crippen molar-refractivity contribution in [3.8, 4) is 0 Å². The Hall–Kier alpha value is -1.14. The van der Waals surface area contributed by atoms with Crippen molar-refractivity contribution < 1.29 is 8.42 Å². The molecule has 0 atom stereocenters. The molecule has 110 valence electrons. The lowest BCUT2D eigenvalue weighted by atomic mass is 9.98. The minimum atomic E-state index is -3.28. The maximum Gasteiger partial charge on any atom is 0.178 e. The number of benzene rings is 1. The van der Waals surface area contributed by atoms with Crippen molar-refractivity contribution in [1.82, 2.24) is 9.55 Å². The van der Waals surface area contributed by atoms with Gasteiger partial charge in [-0.2, -0.15) is 0 Å². The van der Waals surface area contributed by atoms with E-state index >= 15 is 0 Å². The van der Waals surface area contributed by atoms with Crippen molar-refractivity contribution >= 4 is 33.1 Å². The molecule has 0 aliphatic carbocycles. The monoisotopic (exact) mass is 312 g/mol. The average Bonchev–Trinajstić information content (AvgIpc) is 2.63. The summed E-state index contributed by atoms with van der Waals surface area (Å²) in [6.45, 7) is 6.36. The molecule has 0 aliphatic heterocycles. The van der Waals surface area contributed by atoms with Crippen LogP contribution in [-0.2, 0) is 15.4 Å². The molecule has 0 saturated carbocycles. The van der Waals surface area contributed by atoms with Crippen molar-refractivity contribution in [3.05, 3.63) is 23.0 Å². The number of hydrogen-bond donors (Lipinski definition) is 1. The number of aromatic nitrogens is 2. The summed E-state index contributed by atoms with van der Waals surface area (Å²) in [7, 11) is -3.28. The van der Waals surface area contributed by atoms with Crippen LogP contribution in [0.25, 0.3) is 11.0 Å². The zero-order chi connectivity index (χ0) is 15.1. The minimum absolute atomic E-state index is 0.153. The van der Waals surface area contributed by atoms with Gasteiger partial charge in [-0.25, -0.2) is 8.42 Å². The van der Waals surface area contributed by atoms with E-state index < -0.39 is 9.84 Å². The van der Waals surface area contributed by atoms with Gasteiger partial charge in [-0.3, -0.25) is 0 Å². The van der Waals surface area contributed by atoms with Crippen molar-refractivity contribution in [3.63, 3.8) is 0 Å². The van der Waals surface area contributed by atoms with Crippen molar-refractivity contribution in [1.29, 1.82) is 0 Å². The lowest BCUT2D eigenvalue weighted by molar-refractivity contribution is 0.330. The molecule has 0 spiro atoms. The molecule has 2 rings (SSSR count). The van der Waals surface area contributed by atoms with E-state index in [2.05, 4.69) is 25.8 Å². The van der Waals surface area contributed by atoms with Gasteiger partial charge in [0.2, 0.25) is 0 Å². The molecule has 0 radical (unpaired) electrons. The van der Waals surface area contributed by atoms with E-state index in [0.29, 0.717) is 15.2 Å². The third-order valence-electron chi connectivity index (χ3n) is 3.55. The van der Waals surface area contributed by atoms with Crippen molar-refractivity contribution in [2.24, 2.45) is 0 Å². The number of aromatic amines is 1. The molecular formula is C14H20N2O2S2. The number of para-hydroxylation sites is 1. The van der Waals surface area contributed by atoms with Crippen LogP contribution in [0.4, 0.5) is 0 Å². The zero-order valence-electron chi connectivity index (χ0n) is 12.2. The molecule has 1 heterocycles. The van der Waals surface area contributed by atoms with E-state index in [-0.39, 0.29) is 5.54 Å².